The van der Waals surface area contributed by atoms with Gasteiger partial charge in [0.05, 0.1) is 17.7 Å². The van der Waals surface area contributed by atoms with Gasteiger partial charge in [-0.2, -0.15) is 0 Å². The third-order valence-electron chi connectivity index (χ3n) is 3.39. The molecular formula is C17H22ClN5O2. The average Bonchev–Trinajstić information content (AvgIpc) is 2.59. The van der Waals surface area contributed by atoms with Crippen LogP contribution in [0.1, 0.15) is 16.8 Å². The molecule has 0 spiro atoms. The Hall–Kier alpha value is -2.38. The van der Waals surface area contributed by atoms with Gasteiger partial charge in [0, 0.05) is 24.6 Å². The fourth-order valence-electron chi connectivity index (χ4n) is 2.08. The predicted octanol–water partition coefficient (Wildman–Crippen LogP) is 2.56. The van der Waals surface area contributed by atoms with Crippen molar-refractivity contribution in [1.29, 1.82) is 0 Å². The number of methoxy groups -OCH3 is 1. The maximum atomic E-state index is 12.0. The van der Waals surface area contributed by atoms with Crippen LogP contribution in [0.2, 0.25) is 5.02 Å². The number of amides is 1. The van der Waals surface area contributed by atoms with E-state index in [-0.39, 0.29) is 5.91 Å². The quantitative estimate of drug-likeness (QED) is 0.702. The molecule has 134 valence electrons. The highest BCUT2D eigenvalue weighted by Crippen LogP contribution is 2.28. The summed E-state index contributed by atoms with van der Waals surface area (Å²) in [6.45, 7) is 1.53. The number of benzene rings is 1. The van der Waals surface area contributed by atoms with Gasteiger partial charge in [-0.1, -0.05) is 11.6 Å². The third kappa shape index (κ3) is 5.88. The summed E-state index contributed by atoms with van der Waals surface area (Å²) in [5, 5.41) is 6.36. The van der Waals surface area contributed by atoms with Crippen molar-refractivity contribution in [1.82, 2.24) is 20.2 Å². The number of nitrogens with zero attached hydrogens (tertiary/aromatic N) is 3. The third-order valence-corrected chi connectivity index (χ3v) is 3.68. The summed E-state index contributed by atoms with van der Waals surface area (Å²) in [7, 11) is 5.55. The lowest BCUT2D eigenvalue weighted by atomic mass is 10.3. The molecule has 1 amide bonds. The number of halogens is 1. The molecule has 7 nitrogen and oxygen atoms in total. The van der Waals surface area contributed by atoms with E-state index in [1.165, 1.54) is 12.4 Å². The second-order valence-electron chi connectivity index (χ2n) is 5.68. The molecule has 1 heterocycles. The summed E-state index contributed by atoms with van der Waals surface area (Å²) in [5.41, 5.74) is 1.15. The van der Waals surface area contributed by atoms with Crippen molar-refractivity contribution in [2.24, 2.45) is 0 Å². The lowest BCUT2D eigenvalue weighted by Gasteiger charge is -2.10. The molecule has 1 aromatic heterocycles. The molecule has 0 saturated heterocycles. The van der Waals surface area contributed by atoms with Crippen LogP contribution >= 0.6 is 11.6 Å². The number of carbonyl (C=O) groups is 1. The van der Waals surface area contributed by atoms with Gasteiger partial charge in [-0.25, -0.2) is 9.97 Å². The number of hydrogen-bond donors (Lipinski definition) is 2. The summed E-state index contributed by atoms with van der Waals surface area (Å²) in [4.78, 5) is 22.4. The number of nitrogens with one attached hydrogen (secondary N) is 2. The highest BCUT2D eigenvalue weighted by molar-refractivity contribution is 6.32. The van der Waals surface area contributed by atoms with E-state index in [4.69, 9.17) is 16.3 Å². The van der Waals surface area contributed by atoms with Crippen molar-refractivity contribution in [2.45, 2.75) is 6.42 Å². The molecule has 1 aromatic carbocycles. The van der Waals surface area contributed by atoms with Crippen LogP contribution in [0.5, 0.6) is 5.75 Å². The van der Waals surface area contributed by atoms with Gasteiger partial charge in [-0.05, 0) is 45.3 Å². The molecule has 8 heteroatoms. The van der Waals surface area contributed by atoms with Gasteiger partial charge in [-0.15, -0.1) is 0 Å². The number of hydrogen-bond acceptors (Lipinski definition) is 6. The molecule has 2 N–H and O–H groups in total. The minimum absolute atomic E-state index is 0.183. The van der Waals surface area contributed by atoms with Crippen LogP contribution in [0.4, 0.5) is 11.6 Å². The summed E-state index contributed by atoms with van der Waals surface area (Å²) in [6, 6.07) is 5.27. The van der Waals surface area contributed by atoms with Gasteiger partial charge in [0.25, 0.3) is 5.91 Å². The zero-order valence-electron chi connectivity index (χ0n) is 14.5. The van der Waals surface area contributed by atoms with Gasteiger partial charge in [-0.3, -0.25) is 4.79 Å². The lowest BCUT2D eigenvalue weighted by molar-refractivity contribution is 0.0951. The monoisotopic (exact) mass is 363 g/mol. The van der Waals surface area contributed by atoms with Crippen LogP contribution < -0.4 is 15.4 Å². The Morgan fingerprint density at radius 1 is 1.28 bits per heavy atom. The van der Waals surface area contributed by atoms with E-state index in [2.05, 4.69) is 25.5 Å². The topological polar surface area (TPSA) is 79.4 Å². The largest absolute Gasteiger partial charge is 0.495 e. The van der Waals surface area contributed by atoms with Crippen LogP contribution in [-0.2, 0) is 0 Å². The molecule has 0 aliphatic carbocycles. The highest BCUT2D eigenvalue weighted by Gasteiger charge is 2.08. The fourth-order valence-corrected chi connectivity index (χ4v) is 2.34. The van der Waals surface area contributed by atoms with E-state index in [1.54, 1.807) is 25.3 Å². The van der Waals surface area contributed by atoms with Crippen molar-refractivity contribution < 1.29 is 9.53 Å². The first-order valence-electron chi connectivity index (χ1n) is 7.85. The first kappa shape index (κ1) is 19.0. The Bertz CT molecular complexity index is 707. The normalized spacial score (nSPS) is 10.6. The number of ether oxygens (including phenoxy) is 1. The zero-order valence-corrected chi connectivity index (χ0v) is 15.3. The first-order chi connectivity index (χ1) is 12.0. The fraction of sp³-hybridized carbons (Fsp3) is 0.353. The van der Waals surface area contributed by atoms with E-state index in [9.17, 15) is 4.79 Å². The van der Waals surface area contributed by atoms with Crippen LogP contribution in [0.15, 0.2) is 30.6 Å². The average molecular weight is 364 g/mol. The molecule has 0 saturated carbocycles. The summed E-state index contributed by atoms with van der Waals surface area (Å²) in [6.07, 6.45) is 3.86. The minimum atomic E-state index is -0.183. The van der Waals surface area contributed by atoms with Crippen molar-refractivity contribution in [3.05, 3.63) is 41.2 Å². The van der Waals surface area contributed by atoms with Crippen molar-refractivity contribution >= 4 is 29.1 Å². The number of anilines is 2. The lowest BCUT2D eigenvalue weighted by Crippen LogP contribution is -2.27. The maximum absolute atomic E-state index is 12.0. The van der Waals surface area contributed by atoms with Gasteiger partial charge in [0.1, 0.15) is 5.75 Å². The zero-order chi connectivity index (χ0) is 18.2. The molecule has 0 aliphatic heterocycles. The van der Waals surface area contributed by atoms with Crippen LogP contribution in [0, 0.1) is 0 Å². The van der Waals surface area contributed by atoms with E-state index >= 15 is 0 Å². The van der Waals surface area contributed by atoms with E-state index < -0.39 is 0 Å². The predicted molar refractivity (Wildman–Crippen MR) is 98.8 cm³/mol. The molecule has 2 aromatic rings. The van der Waals surface area contributed by atoms with Gasteiger partial charge in [0.15, 0.2) is 0 Å². The Morgan fingerprint density at radius 3 is 2.60 bits per heavy atom. The first-order valence-corrected chi connectivity index (χ1v) is 8.23. The number of aromatic nitrogens is 2. The van der Waals surface area contributed by atoms with Crippen molar-refractivity contribution in [3.63, 3.8) is 0 Å². The molecule has 2 rings (SSSR count). The number of rotatable bonds is 8. The minimum Gasteiger partial charge on any atom is -0.495 e. The van der Waals surface area contributed by atoms with Gasteiger partial charge >= 0.3 is 0 Å². The Kier molecular flexibility index (Phi) is 6.97. The Labute approximate surface area is 152 Å². The Morgan fingerprint density at radius 2 is 2.00 bits per heavy atom. The molecule has 0 aliphatic rings. The summed E-state index contributed by atoms with van der Waals surface area (Å²) < 4.78 is 5.11. The SMILES string of the molecule is COc1ccc(Nc2ncc(C(=O)NCCCN(C)C)cn2)cc1Cl. The van der Waals surface area contributed by atoms with Crippen LogP contribution in [0.25, 0.3) is 0 Å². The van der Waals surface area contributed by atoms with Crippen molar-refractivity contribution in [3.8, 4) is 5.75 Å². The van der Waals surface area contributed by atoms with Crippen LogP contribution in [-0.4, -0.2) is 55.1 Å². The summed E-state index contributed by atoms with van der Waals surface area (Å²) >= 11 is 6.08. The standard InChI is InChI=1S/C17H22ClN5O2/c1-23(2)8-4-7-19-16(24)12-10-20-17(21-11-12)22-13-5-6-15(25-3)14(18)9-13/h5-6,9-11H,4,7-8H2,1-3H3,(H,19,24)(H,20,21,22). The Balaban J connectivity index is 1.91. The molecule has 0 atom stereocenters. The van der Waals surface area contributed by atoms with Crippen molar-refractivity contribution in [2.75, 3.05) is 39.6 Å². The van der Waals surface area contributed by atoms with E-state index in [0.29, 0.717) is 28.8 Å². The molecule has 25 heavy (non-hydrogen) atoms. The molecular weight excluding hydrogens is 342 g/mol. The molecule has 0 fully saturated rings. The summed E-state index contributed by atoms with van der Waals surface area (Å²) in [5.74, 6) is 0.789. The van der Waals surface area contributed by atoms with E-state index in [0.717, 1.165) is 18.7 Å². The molecule has 0 bridgehead atoms. The van der Waals surface area contributed by atoms with Gasteiger partial charge in [0.2, 0.25) is 5.95 Å². The highest BCUT2D eigenvalue weighted by atomic mass is 35.5. The van der Waals surface area contributed by atoms with Crippen LogP contribution in [0.3, 0.4) is 0 Å². The number of carbonyl (C=O) groups excluding carboxylic acids is 1. The second kappa shape index (κ2) is 9.19. The maximum Gasteiger partial charge on any atom is 0.254 e. The molecule has 0 radical (unpaired) electrons. The van der Waals surface area contributed by atoms with Gasteiger partial charge < -0.3 is 20.3 Å². The smallest absolute Gasteiger partial charge is 0.254 e. The van der Waals surface area contributed by atoms with E-state index in [1.807, 2.05) is 14.1 Å². The second-order valence-corrected chi connectivity index (χ2v) is 6.09. The molecule has 0 unspecified atom stereocenters.